The summed E-state index contributed by atoms with van der Waals surface area (Å²) in [5.41, 5.74) is 0.992. The first-order valence-corrected chi connectivity index (χ1v) is 8.83. The van der Waals surface area contributed by atoms with Crippen LogP contribution in [0, 0.1) is 0 Å². The smallest absolute Gasteiger partial charge is 0.0813 e. The molecule has 1 saturated carbocycles. The van der Waals surface area contributed by atoms with Gasteiger partial charge in [0.05, 0.1) is 18.8 Å². The molecular weight excluding hydrogens is 330 g/mol. The molecule has 1 aromatic rings. The fraction of sp³-hybridized carbons (Fsp3) is 0.647. The number of hydrogen-bond acceptors (Lipinski definition) is 3. The monoisotopic (exact) mass is 353 g/mol. The third-order valence-corrected chi connectivity index (χ3v) is 5.52. The average Bonchev–Trinajstić information content (AvgIpc) is 2.53. The predicted octanol–water partition coefficient (Wildman–Crippen LogP) is 3.52. The first-order valence-electron chi connectivity index (χ1n) is 8.04. The zero-order valence-electron chi connectivity index (χ0n) is 12.4. The highest BCUT2D eigenvalue weighted by molar-refractivity contribution is 9.10. The van der Waals surface area contributed by atoms with E-state index in [2.05, 4.69) is 20.8 Å². The van der Waals surface area contributed by atoms with Crippen molar-refractivity contribution in [2.24, 2.45) is 0 Å². The molecule has 3 atom stereocenters. The average molecular weight is 354 g/mol. The summed E-state index contributed by atoms with van der Waals surface area (Å²) in [7, 11) is 0. The fourth-order valence-corrected chi connectivity index (χ4v) is 4.19. The van der Waals surface area contributed by atoms with Crippen LogP contribution in [0.25, 0.3) is 0 Å². The van der Waals surface area contributed by atoms with Gasteiger partial charge in [0, 0.05) is 23.6 Å². The van der Waals surface area contributed by atoms with Crippen LogP contribution in [0.4, 0.5) is 0 Å². The number of aliphatic hydroxyl groups excluding tert-OH is 1. The van der Waals surface area contributed by atoms with E-state index >= 15 is 0 Å². The van der Waals surface area contributed by atoms with Crippen LogP contribution in [0.5, 0.6) is 0 Å². The van der Waals surface area contributed by atoms with Gasteiger partial charge < -0.3 is 9.84 Å². The minimum atomic E-state index is -0.398. The largest absolute Gasteiger partial charge is 0.388 e. The van der Waals surface area contributed by atoms with Crippen molar-refractivity contribution >= 4 is 15.9 Å². The first kappa shape index (κ1) is 15.5. The Bertz CT molecular complexity index is 466. The molecule has 2 fully saturated rings. The van der Waals surface area contributed by atoms with Crippen molar-refractivity contribution in [3.05, 3.63) is 34.3 Å². The summed E-state index contributed by atoms with van der Waals surface area (Å²) < 4.78 is 6.91. The molecule has 21 heavy (non-hydrogen) atoms. The molecule has 1 N–H and O–H groups in total. The normalized spacial score (nSPS) is 28.1. The summed E-state index contributed by atoms with van der Waals surface area (Å²) in [6, 6.07) is 8.52. The molecule has 0 bridgehead atoms. The highest BCUT2D eigenvalue weighted by Gasteiger charge is 2.34. The van der Waals surface area contributed by atoms with Crippen LogP contribution in [0.2, 0.25) is 0 Å². The number of morpholine rings is 1. The number of benzene rings is 1. The lowest BCUT2D eigenvalue weighted by molar-refractivity contribution is -0.0904. The highest BCUT2D eigenvalue weighted by atomic mass is 79.9. The van der Waals surface area contributed by atoms with E-state index in [1.165, 1.54) is 25.7 Å². The second-order valence-corrected chi connectivity index (χ2v) is 6.98. The second kappa shape index (κ2) is 7.23. The lowest BCUT2D eigenvalue weighted by Gasteiger charge is -2.44. The van der Waals surface area contributed by atoms with E-state index in [1.54, 1.807) is 0 Å². The van der Waals surface area contributed by atoms with Crippen LogP contribution >= 0.6 is 15.9 Å². The van der Waals surface area contributed by atoms with Crippen molar-refractivity contribution in [2.45, 2.75) is 50.4 Å². The van der Waals surface area contributed by atoms with E-state index in [1.807, 2.05) is 24.3 Å². The molecule has 116 valence electrons. The number of halogens is 1. The zero-order chi connectivity index (χ0) is 14.7. The Morgan fingerprint density at radius 3 is 2.95 bits per heavy atom. The summed E-state index contributed by atoms with van der Waals surface area (Å²) in [6.07, 6.45) is 5.87. The summed E-state index contributed by atoms with van der Waals surface area (Å²) in [5.74, 6) is 0. The molecule has 0 aromatic heterocycles. The van der Waals surface area contributed by atoms with Crippen molar-refractivity contribution in [3.63, 3.8) is 0 Å². The van der Waals surface area contributed by atoms with Gasteiger partial charge in [-0.25, -0.2) is 0 Å². The van der Waals surface area contributed by atoms with Crippen LogP contribution in [0.3, 0.4) is 0 Å². The molecule has 3 rings (SSSR count). The Hall–Kier alpha value is -0.420. The lowest BCUT2D eigenvalue weighted by Crippen LogP contribution is -2.52. The van der Waals surface area contributed by atoms with Crippen molar-refractivity contribution in [1.82, 2.24) is 4.90 Å². The standard InChI is InChI=1S/C17H24BrNO2/c18-14-6-2-1-5-13(14)16(20)9-10-19-11-12-21-17-8-4-3-7-15(17)19/h1-2,5-6,15-17,20H,3-4,7-12H2. The SMILES string of the molecule is OC(CCN1CCOC2CCCCC21)c1ccccc1Br. The maximum Gasteiger partial charge on any atom is 0.0813 e. The third kappa shape index (κ3) is 3.67. The molecule has 0 radical (unpaired) electrons. The fourth-order valence-electron chi connectivity index (χ4n) is 3.64. The number of ether oxygens (including phenoxy) is 1. The number of hydrogen-bond donors (Lipinski definition) is 1. The maximum atomic E-state index is 10.4. The van der Waals surface area contributed by atoms with Crippen LogP contribution < -0.4 is 0 Å². The van der Waals surface area contributed by atoms with Crippen LogP contribution in [0.1, 0.15) is 43.8 Å². The van der Waals surface area contributed by atoms with Crippen molar-refractivity contribution < 1.29 is 9.84 Å². The molecule has 2 aliphatic rings. The quantitative estimate of drug-likeness (QED) is 0.898. The summed E-state index contributed by atoms with van der Waals surface area (Å²) in [5, 5.41) is 10.4. The van der Waals surface area contributed by atoms with Gasteiger partial charge >= 0.3 is 0 Å². The van der Waals surface area contributed by atoms with E-state index in [9.17, 15) is 5.11 Å². The molecule has 1 heterocycles. The number of rotatable bonds is 4. The number of nitrogens with zero attached hydrogens (tertiary/aromatic N) is 1. The molecule has 1 aliphatic heterocycles. The molecule has 1 aromatic carbocycles. The van der Waals surface area contributed by atoms with Crippen molar-refractivity contribution in [1.29, 1.82) is 0 Å². The number of fused-ring (bicyclic) bond motifs is 1. The van der Waals surface area contributed by atoms with Gasteiger partial charge in [-0.1, -0.05) is 47.0 Å². The van der Waals surface area contributed by atoms with Gasteiger partial charge in [-0.05, 0) is 30.9 Å². The Morgan fingerprint density at radius 2 is 2.10 bits per heavy atom. The van der Waals surface area contributed by atoms with Gasteiger partial charge in [-0.3, -0.25) is 4.90 Å². The lowest BCUT2D eigenvalue weighted by atomic mass is 9.90. The predicted molar refractivity (Wildman–Crippen MR) is 87.3 cm³/mol. The van der Waals surface area contributed by atoms with Crippen molar-refractivity contribution in [3.8, 4) is 0 Å². The second-order valence-electron chi connectivity index (χ2n) is 6.12. The van der Waals surface area contributed by atoms with Crippen LogP contribution in [0.15, 0.2) is 28.7 Å². The molecule has 0 spiro atoms. The van der Waals surface area contributed by atoms with Crippen LogP contribution in [-0.2, 0) is 4.74 Å². The maximum absolute atomic E-state index is 10.4. The molecule has 1 aliphatic carbocycles. The molecule has 3 unspecified atom stereocenters. The first-order chi connectivity index (χ1) is 10.3. The van der Waals surface area contributed by atoms with Gasteiger partial charge in [0.25, 0.3) is 0 Å². The summed E-state index contributed by atoms with van der Waals surface area (Å²) in [4.78, 5) is 2.54. The zero-order valence-corrected chi connectivity index (χ0v) is 14.0. The Balaban J connectivity index is 1.58. The van der Waals surface area contributed by atoms with Crippen molar-refractivity contribution in [2.75, 3.05) is 19.7 Å². The molecule has 0 amide bonds. The molecule has 3 nitrogen and oxygen atoms in total. The van der Waals surface area contributed by atoms with Gasteiger partial charge in [0.15, 0.2) is 0 Å². The van der Waals surface area contributed by atoms with Gasteiger partial charge in [-0.15, -0.1) is 0 Å². The van der Waals surface area contributed by atoms with E-state index in [-0.39, 0.29) is 0 Å². The Labute approximate surface area is 135 Å². The number of aliphatic hydroxyl groups is 1. The van der Waals surface area contributed by atoms with Gasteiger partial charge in [-0.2, -0.15) is 0 Å². The van der Waals surface area contributed by atoms with E-state index in [4.69, 9.17) is 4.74 Å². The molecule has 1 saturated heterocycles. The van der Waals surface area contributed by atoms with E-state index < -0.39 is 6.10 Å². The third-order valence-electron chi connectivity index (χ3n) is 4.80. The highest BCUT2D eigenvalue weighted by Crippen LogP contribution is 2.30. The summed E-state index contributed by atoms with van der Waals surface area (Å²) >= 11 is 3.52. The van der Waals surface area contributed by atoms with E-state index in [0.29, 0.717) is 12.1 Å². The van der Waals surface area contributed by atoms with Gasteiger partial charge in [0.2, 0.25) is 0 Å². The minimum absolute atomic E-state index is 0.398. The molecule has 4 heteroatoms. The van der Waals surface area contributed by atoms with E-state index in [0.717, 1.165) is 36.2 Å². The Kier molecular flexibility index (Phi) is 5.33. The van der Waals surface area contributed by atoms with Gasteiger partial charge in [0.1, 0.15) is 0 Å². The van der Waals surface area contributed by atoms with Crippen LogP contribution in [-0.4, -0.2) is 41.8 Å². The summed E-state index contributed by atoms with van der Waals surface area (Å²) in [6.45, 7) is 2.79. The Morgan fingerprint density at radius 1 is 1.29 bits per heavy atom. The molecular formula is C17H24BrNO2. The topological polar surface area (TPSA) is 32.7 Å². The minimum Gasteiger partial charge on any atom is -0.388 e.